The third-order valence-corrected chi connectivity index (χ3v) is 9.28. The maximum Gasteiger partial charge on any atom is 0.245 e. The molecule has 3 aliphatic rings. The van der Waals surface area contributed by atoms with Crippen LogP contribution < -0.4 is 10.6 Å². The molecule has 3 atom stereocenters. The van der Waals surface area contributed by atoms with E-state index in [2.05, 4.69) is 47.6 Å². The van der Waals surface area contributed by atoms with Crippen LogP contribution in [0.5, 0.6) is 0 Å². The van der Waals surface area contributed by atoms with Crippen molar-refractivity contribution in [2.45, 2.75) is 83.5 Å². The van der Waals surface area contributed by atoms with Gasteiger partial charge in [-0.05, 0) is 61.4 Å². The Balaban J connectivity index is 0.00000253. The van der Waals surface area contributed by atoms with E-state index in [-0.39, 0.29) is 42.7 Å². The molecule has 2 N–H and O–H groups in total. The predicted octanol–water partition coefficient (Wildman–Crippen LogP) is 6.50. The second kappa shape index (κ2) is 16.8. The molecule has 2 aromatic carbocycles. The fourth-order valence-corrected chi connectivity index (χ4v) is 7.00. The van der Waals surface area contributed by atoms with Crippen molar-refractivity contribution >= 4 is 48.2 Å². The minimum absolute atomic E-state index is 0. The summed E-state index contributed by atoms with van der Waals surface area (Å²) in [5.74, 6) is 0.599. The Labute approximate surface area is 274 Å². The van der Waals surface area contributed by atoms with Crippen LogP contribution >= 0.6 is 36.4 Å². The first kappa shape index (κ1) is 35.4. The Hall–Kier alpha value is -2.09. The number of nitrogens with one attached hydrogen (secondary N) is 2. The highest BCUT2D eigenvalue weighted by molar-refractivity contribution is 6.30. The molecule has 0 spiro atoms. The van der Waals surface area contributed by atoms with Gasteiger partial charge in [0.2, 0.25) is 11.8 Å². The molecule has 2 aliphatic heterocycles. The minimum atomic E-state index is -0.612. The zero-order valence-corrected chi connectivity index (χ0v) is 27.8. The summed E-state index contributed by atoms with van der Waals surface area (Å²) in [5, 5.41) is 7.23. The summed E-state index contributed by atoms with van der Waals surface area (Å²) >= 11 is 6.12. The van der Waals surface area contributed by atoms with Gasteiger partial charge in [0, 0.05) is 62.7 Å². The Morgan fingerprint density at radius 2 is 1.65 bits per heavy atom. The molecule has 9 heteroatoms. The van der Waals surface area contributed by atoms with Crippen LogP contribution in [0.25, 0.3) is 0 Å². The number of carbonyl (C=O) groups is 2. The quantitative estimate of drug-likeness (QED) is 0.304. The van der Waals surface area contributed by atoms with E-state index in [9.17, 15) is 9.59 Å². The predicted molar refractivity (Wildman–Crippen MR) is 180 cm³/mol. The maximum atomic E-state index is 13.9. The second-order valence-electron chi connectivity index (χ2n) is 12.3. The zero-order chi connectivity index (χ0) is 28.8. The number of nitrogens with zero attached hydrogens (tertiary/aromatic N) is 2. The molecule has 2 aromatic rings. The van der Waals surface area contributed by atoms with Gasteiger partial charge in [-0.15, -0.1) is 24.8 Å². The molecule has 2 heterocycles. The van der Waals surface area contributed by atoms with Gasteiger partial charge >= 0.3 is 0 Å². The lowest BCUT2D eigenvalue weighted by Crippen LogP contribution is -2.57. The molecule has 3 unspecified atom stereocenters. The lowest BCUT2D eigenvalue weighted by Gasteiger charge is -2.43. The largest absolute Gasteiger partial charge is 0.344 e. The summed E-state index contributed by atoms with van der Waals surface area (Å²) in [6, 6.07) is 15.6. The Bertz CT molecular complexity index is 1220. The lowest BCUT2D eigenvalue weighted by molar-refractivity contribution is -0.138. The number of hydrogen-bond acceptors (Lipinski definition) is 4. The van der Waals surface area contributed by atoms with E-state index in [0.717, 1.165) is 25.2 Å². The van der Waals surface area contributed by atoms with Crippen molar-refractivity contribution < 1.29 is 9.59 Å². The molecule has 1 aliphatic carbocycles. The summed E-state index contributed by atoms with van der Waals surface area (Å²) in [7, 11) is 0. The minimum Gasteiger partial charge on any atom is -0.344 e. The average molecular weight is 650 g/mol. The highest BCUT2D eigenvalue weighted by atomic mass is 35.5. The lowest BCUT2D eigenvalue weighted by atomic mass is 9.82. The molecule has 0 aromatic heterocycles. The molecular weight excluding hydrogens is 603 g/mol. The molecular formula is C34H47Cl3N4O2. The third kappa shape index (κ3) is 9.45. The van der Waals surface area contributed by atoms with Crippen molar-refractivity contribution in [1.29, 1.82) is 0 Å². The number of halogens is 3. The number of hydrogen-bond donors (Lipinski definition) is 2. The van der Waals surface area contributed by atoms with Gasteiger partial charge in [-0.2, -0.15) is 0 Å². The van der Waals surface area contributed by atoms with Gasteiger partial charge in [0.05, 0.1) is 0 Å². The first-order chi connectivity index (χ1) is 19.9. The van der Waals surface area contributed by atoms with Crippen LogP contribution in [0.2, 0.25) is 5.02 Å². The van der Waals surface area contributed by atoms with E-state index in [1.54, 1.807) is 0 Å². The highest BCUT2D eigenvalue weighted by Crippen LogP contribution is 2.31. The third-order valence-electron chi connectivity index (χ3n) is 9.03. The van der Waals surface area contributed by atoms with Crippen LogP contribution in [-0.2, 0) is 22.6 Å². The van der Waals surface area contributed by atoms with Crippen LogP contribution in [-0.4, -0.2) is 59.9 Å². The van der Waals surface area contributed by atoms with Crippen LogP contribution in [0, 0.1) is 5.92 Å². The van der Waals surface area contributed by atoms with Crippen LogP contribution in [0.3, 0.4) is 0 Å². The molecule has 5 rings (SSSR count). The van der Waals surface area contributed by atoms with Crippen LogP contribution in [0.4, 0.5) is 0 Å². The molecule has 236 valence electrons. The van der Waals surface area contributed by atoms with Crippen molar-refractivity contribution in [3.8, 4) is 0 Å². The fraction of sp³-hybridized carbons (Fsp3) is 0.529. The number of piperazine rings is 1. The standard InChI is InChI=1S/C34H45ClN4O2.2ClH/c1-24(2)20-32(26-8-4-3-5-9-26)38-16-18-39(19-17-38)34(41)31(21-25-12-14-28(35)15-13-25)37-33(40)22-30-29-11-7-6-10-27(29)23-36-30;;/h6-7,10-15,20,26,30-32,36H,3-5,8-9,16-19,21-23H2,1-2H3,(H,37,40);2*1H. The number of allylic oxidation sites excluding steroid dienone is 1. The molecule has 0 bridgehead atoms. The molecule has 1 saturated heterocycles. The van der Waals surface area contributed by atoms with Crippen molar-refractivity contribution in [2.24, 2.45) is 5.92 Å². The van der Waals surface area contributed by atoms with Crippen molar-refractivity contribution in [3.05, 3.63) is 81.9 Å². The molecule has 2 fully saturated rings. The molecule has 2 amide bonds. The summed E-state index contributed by atoms with van der Waals surface area (Å²) in [5.41, 5.74) is 4.75. The van der Waals surface area contributed by atoms with Gasteiger partial charge in [-0.25, -0.2) is 0 Å². The topological polar surface area (TPSA) is 64.7 Å². The summed E-state index contributed by atoms with van der Waals surface area (Å²) < 4.78 is 0. The molecule has 1 saturated carbocycles. The van der Waals surface area contributed by atoms with E-state index in [1.165, 1.54) is 48.8 Å². The van der Waals surface area contributed by atoms with E-state index in [4.69, 9.17) is 11.6 Å². The number of benzene rings is 2. The Morgan fingerprint density at radius 3 is 2.33 bits per heavy atom. The monoisotopic (exact) mass is 648 g/mol. The van der Waals surface area contributed by atoms with Gasteiger partial charge in [0.15, 0.2) is 0 Å². The van der Waals surface area contributed by atoms with Crippen LogP contribution in [0.1, 0.15) is 75.1 Å². The molecule has 0 radical (unpaired) electrons. The summed E-state index contributed by atoms with van der Waals surface area (Å²) in [6.45, 7) is 8.24. The first-order valence-corrected chi connectivity index (χ1v) is 15.8. The summed E-state index contributed by atoms with van der Waals surface area (Å²) in [6.07, 6.45) is 9.79. The fourth-order valence-electron chi connectivity index (χ4n) is 6.87. The first-order valence-electron chi connectivity index (χ1n) is 15.4. The summed E-state index contributed by atoms with van der Waals surface area (Å²) in [4.78, 5) is 31.8. The zero-order valence-electron chi connectivity index (χ0n) is 25.4. The molecule has 6 nitrogen and oxygen atoms in total. The van der Waals surface area contributed by atoms with Gasteiger partial charge in [-0.3, -0.25) is 14.5 Å². The smallest absolute Gasteiger partial charge is 0.245 e. The van der Waals surface area contributed by atoms with E-state index in [0.29, 0.717) is 42.9 Å². The van der Waals surface area contributed by atoms with Gasteiger partial charge in [0.1, 0.15) is 6.04 Å². The highest BCUT2D eigenvalue weighted by Gasteiger charge is 2.34. The van der Waals surface area contributed by atoms with Gasteiger partial charge < -0.3 is 15.5 Å². The Morgan fingerprint density at radius 1 is 0.977 bits per heavy atom. The number of carbonyl (C=O) groups excluding carboxylic acids is 2. The second-order valence-corrected chi connectivity index (χ2v) is 12.7. The van der Waals surface area contributed by atoms with Crippen molar-refractivity contribution in [1.82, 2.24) is 20.4 Å². The number of fused-ring (bicyclic) bond motifs is 1. The van der Waals surface area contributed by atoms with E-state index in [1.807, 2.05) is 41.3 Å². The van der Waals surface area contributed by atoms with Crippen molar-refractivity contribution in [3.63, 3.8) is 0 Å². The normalized spacial score (nSPS) is 20.2. The van der Waals surface area contributed by atoms with Crippen molar-refractivity contribution in [2.75, 3.05) is 26.2 Å². The van der Waals surface area contributed by atoms with Crippen LogP contribution in [0.15, 0.2) is 60.2 Å². The number of rotatable bonds is 9. The SMILES string of the molecule is CC(C)=CC(C1CCCCC1)N1CCN(C(=O)C(Cc2ccc(Cl)cc2)NC(=O)CC2NCc3ccccc32)CC1.Cl.Cl. The van der Waals surface area contributed by atoms with E-state index < -0.39 is 6.04 Å². The van der Waals surface area contributed by atoms with Gasteiger partial charge in [0.25, 0.3) is 0 Å². The average Bonchev–Trinajstić information content (AvgIpc) is 3.39. The van der Waals surface area contributed by atoms with E-state index >= 15 is 0 Å². The van der Waals surface area contributed by atoms with Gasteiger partial charge in [-0.1, -0.05) is 78.9 Å². The number of amides is 2. The Kier molecular flexibility index (Phi) is 13.9. The molecule has 43 heavy (non-hydrogen) atoms. The maximum absolute atomic E-state index is 13.9.